The fraction of sp³-hybridized carbons (Fsp3) is 0.333. The smallest absolute Gasteiger partial charge is 0.330 e. The zero-order valence-corrected chi connectivity index (χ0v) is 28.9. The van der Waals surface area contributed by atoms with Crippen LogP contribution in [0.25, 0.3) is 33.3 Å². The van der Waals surface area contributed by atoms with Gasteiger partial charge in [-0.25, -0.2) is 14.6 Å². The largest absolute Gasteiger partial charge is 0.481 e. The van der Waals surface area contributed by atoms with Crippen molar-refractivity contribution in [1.29, 1.82) is 0 Å². The van der Waals surface area contributed by atoms with E-state index in [0.29, 0.717) is 28.7 Å². The highest BCUT2D eigenvalue weighted by Gasteiger charge is 2.46. The van der Waals surface area contributed by atoms with E-state index < -0.39 is 11.2 Å². The van der Waals surface area contributed by atoms with Crippen molar-refractivity contribution >= 4 is 40.0 Å². The molecule has 0 radical (unpaired) electrons. The fourth-order valence-electron chi connectivity index (χ4n) is 7.88. The number of halogens is 1. The van der Waals surface area contributed by atoms with E-state index in [2.05, 4.69) is 37.1 Å². The number of aryl methyl sites for hydroxylation is 2. The number of pyridine rings is 1. The Kier molecular flexibility index (Phi) is 7.64. The lowest BCUT2D eigenvalue weighted by molar-refractivity contribution is 0.219. The third-order valence-corrected chi connectivity index (χ3v) is 11.0. The molecule has 2 aromatic carbocycles. The van der Waals surface area contributed by atoms with E-state index in [-0.39, 0.29) is 28.8 Å². The summed E-state index contributed by atoms with van der Waals surface area (Å²) in [6.07, 6.45) is 4.15. The van der Waals surface area contributed by atoms with Gasteiger partial charge in [-0.3, -0.25) is 18.8 Å². The molecule has 8 rings (SSSR count). The number of benzene rings is 2. The molecule has 3 N–H and O–H groups in total. The molecule has 2 aliphatic heterocycles. The molecule has 2 fully saturated rings. The monoisotopic (exact) mass is 693 g/mol. The van der Waals surface area contributed by atoms with E-state index in [1.54, 1.807) is 14.2 Å². The van der Waals surface area contributed by atoms with Crippen molar-refractivity contribution in [3.05, 3.63) is 91.2 Å². The van der Waals surface area contributed by atoms with Gasteiger partial charge in [0, 0.05) is 62.1 Å². The second-order valence-electron chi connectivity index (χ2n) is 13.4. The Bertz CT molecular complexity index is 2360. The van der Waals surface area contributed by atoms with Crippen LogP contribution in [0, 0.1) is 6.92 Å². The third-order valence-electron chi connectivity index (χ3n) is 10.5. The van der Waals surface area contributed by atoms with Crippen LogP contribution < -0.4 is 31.9 Å². The molecule has 256 valence electrons. The summed E-state index contributed by atoms with van der Waals surface area (Å²) in [7, 11) is 4.69. The molecule has 2 atom stereocenters. The lowest BCUT2D eigenvalue weighted by Crippen LogP contribution is -2.46. The van der Waals surface area contributed by atoms with Crippen molar-refractivity contribution in [2.24, 2.45) is 14.1 Å². The summed E-state index contributed by atoms with van der Waals surface area (Å²) in [6.45, 7) is 4.29. The van der Waals surface area contributed by atoms with E-state index in [1.165, 1.54) is 23.4 Å². The van der Waals surface area contributed by atoms with E-state index >= 15 is 0 Å². The van der Waals surface area contributed by atoms with Gasteiger partial charge in [-0.2, -0.15) is 5.10 Å². The molecular weight excluding hydrogens is 658 g/mol. The normalized spacial score (nSPS) is 19.9. The Balaban J connectivity index is 1.13. The number of hydrogen-bond acceptors (Lipinski definition) is 9. The van der Waals surface area contributed by atoms with Gasteiger partial charge in [-0.05, 0) is 55.0 Å². The van der Waals surface area contributed by atoms with Crippen molar-refractivity contribution in [2.75, 3.05) is 32.1 Å². The molecule has 13 nitrogen and oxygen atoms in total. The second-order valence-corrected chi connectivity index (χ2v) is 13.8. The predicted octanol–water partition coefficient (Wildman–Crippen LogP) is 4.21. The minimum absolute atomic E-state index is 0.0971. The van der Waals surface area contributed by atoms with Crippen LogP contribution in [-0.2, 0) is 20.5 Å². The number of carbonyl (C=O) groups excluding carboxylic acids is 1. The first-order valence-corrected chi connectivity index (χ1v) is 16.9. The summed E-state index contributed by atoms with van der Waals surface area (Å²) >= 11 is 7.22. The maximum Gasteiger partial charge on any atom is 0.330 e. The van der Waals surface area contributed by atoms with Gasteiger partial charge in [0.1, 0.15) is 5.39 Å². The highest BCUT2D eigenvalue weighted by atomic mass is 35.5. The number of fused-ring (bicyclic) bond motifs is 2. The first kappa shape index (κ1) is 32.0. The molecule has 0 unspecified atom stereocenters. The predicted molar refractivity (Wildman–Crippen MR) is 191 cm³/mol. The lowest BCUT2D eigenvalue weighted by atomic mass is 9.96. The number of anilines is 2. The van der Waals surface area contributed by atoms with Crippen LogP contribution in [-0.4, -0.2) is 67.5 Å². The average molecular weight is 694 g/mol. The fourth-order valence-corrected chi connectivity index (χ4v) is 8.20. The number of hydrogen-bond donors (Lipinski definition) is 3. The Morgan fingerprint density at radius 2 is 1.84 bits per heavy atom. The number of likely N-dealkylation sites (tertiary alicyclic amines) is 1. The zero-order chi connectivity index (χ0) is 34.9. The minimum Gasteiger partial charge on any atom is -0.481 e. The highest BCUT2D eigenvalue weighted by molar-refractivity contribution is 6.36. The molecule has 2 saturated heterocycles. The van der Waals surface area contributed by atoms with Gasteiger partial charge in [0.25, 0.3) is 5.56 Å². The number of nitrogens with one attached hydrogen (secondary N) is 3. The van der Waals surface area contributed by atoms with Gasteiger partial charge in [0.05, 0.1) is 35.1 Å². The number of amides is 2. The standard InChI is InChI=1S/C36H36ClN9O4/c1-19-21(7-6-10-24(19)40-31-29-27(16-39-43-31)44(2)35(49)45(3)33(29)47)22-8-5-9-23(30(22)37)25-15-20-11-12-26(28(20)32(41-25)50-4)46-14-13-36(18-46)17-38-34(48)42-36/h5-10,15-16,26H,11-14,17-18H2,1-4H3,(H,40,43)(H2,38,42,48)/t26-,36-/m0/s1. The number of methoxy groups -OCH3 is 1. The second kappa shape index (κ2) is 12.0. The number of rotatable bonds is 6. The average Bonchev–Trinajstić information content (AvgIpc) is 3.84. The van der Waals surface area contributed by atoms with Gasteiger partial charge in [-0.15, -0.1) is 5.10 Å². The van der Waals surface area contributed by atoms with Crippen LogP contribution in [0.15, 0.2) is 58.3 Å². The molecule has 5 heterocycles. The van der Waals surface area contributed by atoms with E-state index in [1.807, 2.05) is 43.3 Å². The van der Waals surface area contributed by atoms with Crippen LogP contribution in [0.5, 0.6) is 5.88 Å². The lowest BCUT2D eigenvalue weighted by Gasteiger charge is -2.28. The summed E-state index contributed by atoms with van der Waals surface area (Å²) in [6, 6.07) is 13.9. The molecule has 2 amide bonds. The van der Waals surface area contributed by atoms with Crippen molar-refractivity contribution in [2.45, 2.75) is 37.8 Å². The SMILES string of the molecule is COc1nc(-c2cccc(-c3cccc(Nc4nncc5c4c(=O)n(C)c(=O)n5C)c3C)c2Cl)cc2c1[C@@H](N1CC[C@]3(CNC(=O)N3)C1)CC2. The summed E-state index contributed by atoms with van der Waals surface area (Å²) in [5.74, 6) is 0.846. The summed E-state index contributed by atoms with van der Waals surface area (Å²) in [4.78, 5) is 45.1. The van der Waals surface area contributed by atoms with Crippen molar-refractivity contribution in [3.8, 4) is 28.3 Å². The molecule has 0 bridgehead atoms. The number of urea groups is 1. The van der Waals surface area contributed by atoms with E-state index in [0.717, 1.165) is 70.4 Å². The first-order chi connectivity index (χ1) is 24.1. The molecule has 3 aliphatic rings. The van der Waals surface area contributed by atoms with Crippen LogP contribution >= 0.6 is 11.6 Å². The maximum atomic E-state index is 13.2. The maximum absolute atomic E-state index is 13.2. The number of nitrogens with zero attached hydrogens (tertiary/aromatic N) is 6. The molecule has 5 aromatic rings. The quantitative estimate of drug-likeness (QED) is 0.238. The number of ether oxygens (including phenoxy) is 1. The molecular formula is C36H36ClN9O4. The molecule has 50 heavy (non-hydrogen) atoms. The van der Waals surface area contributed by atoms with Gasteiger partial charge < -0.3 is 20.7 Å². The number of aromatic nitrogens is 5. The van der Waals surface area contributed by atoms with Gasteiger partial charge in [-0.1, -0.05) is 41.9 Å². The topological polar surface area (TPSA) is 148 Å². The molecule has 1 aliphatic carbocycles. The van der Waals surface area contributed by atoms with Gasteiger partial charge >= 0.3 is 11.7 Å². The molecule has 3 aromatic heterocycles. The number of carbonyl (C=O) groups is 1. The van der Waals surface area contributed by atoms with Crippen molar-refractivity contribution in [3.63, 3.8) is 0 Å². The molecule has 0 saturated carbocycles. The Morgan fingerprint density at radius 3 is 2.62 bits per heavy atom. The van der Waals surface area contributed by atoms with Crippen LogP contribution in [0.3, 0.4) is 0 Å². The van der Waals surface area contributed by atoms with Crippen LogP contribution in [0.4, 0.5) is 16.3 Å². The summed E-state index contributed by atoms with van der Waals surface area (Å²) < 4.78 is 8.36. The first-order valence-electron chi connectivity index (χ1n) is 16.5. The highest BCUT2D eigenvalue weighted by Crippen LogP contribution is 2.46. The van der Waals surface area contributed by atoms with Crippen molar-refractivity contribution < 1.29 is 9.53 Å². The van der Waals surface area contributed by atoms with Gasteiger partial charge in [0.15, 0.2) is 5.82 Å². The van der Waals surface area contributed by atoms with E-state index in [4.69, 9.17) is 21.3 Å². The Morgan fingerprint density at radius 1 is 1.06 bits per heavy atom. The van der Waals surface area contributed by atoms with Crippen LogP contribution in [0.1, 0.15) is 35.6 Å². The third kappa shape index (κ3) is 5.02. The molecule has 1 spiro atoms. The van der Waals surface area contributed by atoms with E-state index in [9.17, 15) is 14.4 Å². The Labute approximate surface area is 292 Å². The zero-order valence-electron chi connectivity index (χ0n) is 28.1. The Hall–Kier alpha value is -5.27. The van der Waals surface area contributed by atoms with Crippen LogP contribution in [0.2, 0.25) is 5.02 Å². The molecule has 14 heteroatoms. The minimum atomic E-state index is -0.461. The summed E-state index contributed by atoms with van der Waals surface area (Å²) in [5.41, 5.74) is 6.38. The summed E-state index contributed by atoms with van der Waals surface area (Å²) in [5, 5.41) is 18.5. The van der Waals surface area contributed by atoms with Crippen molar-refractivity contribution in [1.82, 2.24) is 39.8 Å². The van der Waals surface area contributed by atoms with Gasteiger partial charge in [0.2, 0.25) is 5.88 Å².